The number of aromatic nitrogens is 1. The Bertz CT molecular complexity index is 551. The summed E-state index contributed by atoms with van der Waals surface area (Å²) in [4.78, 5) is 9.18. The molecule has 2 rings (SSSR count). The third kappa shape index (κ3) is 4.58. The van der Waals surface area contributed by atoms with E-state index in [1.54, 1.807) is 16.0 Å². The molecule has 0 atom stereocenters. The molecule has 0 amide bonds. The number of rotatable bonds is 4. The normalized spacial score (nSPS) is 10.3. The van der Waals surface area contributed by atoms with Crippen molar-refractivity contribution in [2.75, 3.05) is 6.61 Å². The number of allylic oxidation sites excluding steroid dienone is 1. The zero-order valence-electron chi connectivity index (χ0n) is 10.9. The summed E-state index contributed by atoms with van der Waals surface area (Å²) >= 11 is 2.29. The topological polar surface area (TPSA) is 31.2 Å². The van der Waals surface area contributed by atoms with Gasteiger partial charge in [-0.2, -0.15) is 0 Å². The van der Waals surface area contributed by atoms with Crippen molar-refractivity contribution in [3.05, 3.63) is 42.1 Å². The van der Waals surface area contributed by atoms with Gasteiger partial charge in [-0.15, -0.1) is 0 Å². The second-order valence-corrected chi connectivity index (χ2v) is 5.26. The van der Waals surface area contributed by atoms with Crippen LogP contribution >= 0.6 is 30.3 Å². The Balaban J connectivity index is 0.000000312. The van der Waals surface area contributed by atoms with Crippen molar-refractivity contribution >= 4 is 53.8 Å². The van der Waals surface area contributed by atoms with Crippen LogP contribution in [0.2, 0.25) is 0 Å². The Kier molecular flexibility index (Phi) is 7.66. The van der Waals surface area contributed by atoms with Gasteiger partial charge in [-0.3, -0.25) is 8.77 Å². The molecule has 2 aromatic rings. The molecule has 1 heterocycles. The molecule has 0 radical (unpaired) electrons. The van der Waals surface area contributed by atoms with E-state index < -0.39 is 0 Å². The molecule has 3 nitrogen and oxygen atoms in total. The first-order chi connectivity index (χ1) is 9.28. The maximum absolute atomic E-state index is 9.18. The Morgan fingerprint density at radius 2 is 2.21 bits per heavy atom. The average molecular weight is 389 g/mol. The lowest BCUT2D eigenvalue weighted by molar-refractivity contribution is -0.128. The molecule has 1 aromatic carbocycles. The van der Waals surface area contributed by atoms with Crippen LogP contribution in [0.1, 0.15) is 19.4 Å². The van der Waals surface area contributed by atoms with E-state index in [-0.39, 0.29) is 0 Å². The van der Waals surface area contributed by atoms with Crippen LogP contribution < -0.4 is 0 Å². The predicted octanol–water partition coefficient (Wildman–Crippen LogP) is 4.70. The van der Waals surface area contributed by atoms with Crippen LogP contribution in [0.3, 0.4) is 0 Å². The van der Waals surface area contributed by atoms with Gasteiger partial charge in [0.25, 0.3) is 6.47 Å². The molecular formula is C14H16INO2S. The quantitative estimate of drug-likeness (QED) is 0.561. The maximum atomic E-state index is 9.18. The van der Waals surface area contributed by atoms with Crippen LogP contribution in [0.25, 0.3) is 17.0 Å². The minimum absolute atomic E-state index is 0.431. The van der Waals surface area contributed by atoms with E-state index in [0.717, 1.165) is 0 Å². The molecule has 0 saturated heterocycles. The molecular weight excluding hydrogens is 373 g/mol. The summed E-state index contributed by atoms with van der Waals surface area (Å²) in [6, 6.07) is 8.55. The van der Waals surface area contributed by atoms with Crippen molar-refractivity contribution < 1.29 is 9.53 Å². The summed E-state index contributed by atoms with van der Waals surface area (Å²) in [6.45, 7) is 4.71. The van der Waals surface area contributed by atoms with Crippen LogP contribution in [0.15, 0.2) is 36.5 Å². The largest absolute Gasteiger partial charge is 0.468 e. The van der Waals surface area contributed by atoms with Gasteiger partial charge in [0.05, 0.1) is 12.1 Å². The first-order valence-corrected chi connectivity index (χ1v) is 9.17. The fourth-order valence-corrected chi connectivity index (χ4v) is 2.99. The van der Waals surface area contributed by atoms with Crippen molar-refractivity contribution in [2.45, 2.75) is 13.8 Å². The zero-order chi connectivity index (χ0) is 14.1. The molecule has 1 aromatic heterocycles. The number of carbonyl (C=O) groups is 1. The Hall–Kier alpha value is -0.950. The summed E-state index contributed by atoms with van der Waals surface area (Å²) in [6.07, 6.45) is 6.32. The molecule has 0 N–H and O–H groups in total. The molecule has 0 aliphatic heterocycles. The fraction of sp³-hybridized carbons (Fsp3) is 0.214. The molecule has 19 heavy (non-hydrogen) atoms. The van der Waals surface area contributed by atoms with Crippen molar-refractivity contribution in [1.29, 1.82) is 0 Å². The number of fused-ring (bicyclic) bond motifs is 1. The highest BCUT2D eigenvalue weighted by molar-refractivity contribution is 14.2. The summed E-state index contributed by atoms with van der Waals surface area (Å²) in [5.74, 6) is 0. The molecule has 0 spiro atoms. The number of ether oxygens (including phenoxy) is 1. The van der Waals surface area contributed by atoms with Crippen molar-refractivity contribution in [1.82, 2.24) is 3.97 Å². The van der Waals surface area contributed by atoms with E-state index in [9.17, 15) is 4.79 Å². The van der Waals surface area contributed by atoms with Gasteiger partial charge in [-0.25, -0.2) is 0 Å². The highest BCUT2D eigenvalue weighted by Crippen LogP contribution is 2.27. The Morgan fingerprint density at radius 1 is 1.42 bits per heavy atom. The van der Waals surface area contributed by atoms with Crippen molar-refractivity contribution in [2.24, 2.45) is 0 Å². The second kappa shape index (κ2) is 9.03. The van der Waals surface area contributed by atoms with Gasteiger partial charge in [0.1, 0.15) is 0 Å². The summed E-state index contributed by atoms with van der Waals surface area (Å²) in [7, 11) is 1.69. The van der Waals surface area contributed by atoms with E-state index in [2.05, 4.69) is 72.5 Å². The third-order valence-corrected chi connectivity index (χ3v) is 4.13. The monoisotopic (exact) mass is 389 g/mol. The highest BCUT2D eigenvalue weighted by Gasteiger charge is 2.02. The molecule has 102 valence electrons. The zero-order valence-corrected chi connectivity index (χ0v) is 13.8. The number of benzene rings is 1. The molecule has 0 saturated carbocycles. The van der Waals surface area contributed by atoms with Crippen LogP contribution in [-0.2, 0) is 9.53 Å². The van der Waals surface area contributed by atoms with Crippen molar-refractivity contribution in [3.63, 3.8) is 0 Å². The molecule has 0 aliphatic rings. The minimum atomic E-state index is 0.431. The lowest BCUT2D eigenvalue weighted by Crippen LogP contribution is -1.80. The average Bonchev–Trinajstić information content (AvgIpc) is 2.85. The van der Waals surface area contributed by atoms with Gasteiger partial charge in [0.15, 0.2) is 0 Å². The Labute approximate surface area is 129 Å². The fourth-order valence-electron chi connectivity index (χ4n) is 1.62. The molecule has 0 aliphatic carbocycles. The number of halogens is 1. The summed E-state index contributed by atoms with van der Waals surface area (Å²) in [5.41, 5.74) is 2.56. The smallest absolute Gasteiger partial charge is 0.293 e. The lowest BCUT2D eigenvalue weighted by atomic mass is 10.1. The van der Waals surface area contributed by atoms with E-state index in [1.807, 2.05) is 6.92 Å². The van der Waals surface area contributed by atoms with Gasteiger partial charge in [0, 0.05) is 41.9 Å². The van der Waals surface area contributed by atoms with Gasteiger partial charge < -0.3 is 4.74 Å². The number of nitrogens with zero attached hydrogens (tertiary/aromatic N) is 1. The van der Waals surface area contributed by atoms with Gasteiger partial charge in [-0.1, -0.05) is 24.3 Å². The molecule has 0 fully saturated rings. The standard InChI is InChI=1S/C11H10INS.C3H6O2/c1-2-4-9-5-3-6-11-10(9)7-8-13(11)14-12;1-2-5-3-4/h2-8H,1H3;3H,2H2,1H3/b4-2+;. The van der Waals surface area contributed by atoms with Crippen LogP contribution in [0.4, 0.5) is 0 Å². The number of hydrogen-bond acceptors (Lipinski definition) is 3. The summed E-state index contributed by atoms with van der Waals surface area (Å²) < 4.78 is 6.32. The van der Waals surface area contributed by atoms with Gasteiger partial charge >= 0.3 is 0 Å². The number of carbonyl (C=O) groups excluding carboxylic acids is 1. The Morgan fingerprint density at radius 3 is 2.74 bits per heavy atom. The summed E-state index contributed by atoms with van der Waals surface area (Å²) in [5, 5.41) is 1.31. The van der Waals surface area contributed by atoms with Crippen molar-refractivity contribution in [3.8, 4) is 0 Å². The van der Waals surface area contributed by atoms with E-state index in [0.29, 0.717) is 13.1 Å². The van der Waals surface area contributed by atoms with Gasteiger partial charge in [0.2, 0.25) is 0 Å². The van der Waals surface area contributed by atoms with Crippen LogP contribution in [0.5, 0.6) is 0 Å². The van der Waals surface area contributed by atoms with E-state index in [4.69, 9.17) is 0 Å². The van der Waals surface area contributed by atoms with E-state index in [1.165, 1.54) is 16.5 Å². The lowest BCUT2D eigenvalue weighted by Gasteiger charge is -1.99. The SMILES string of the molecule is C/C=C/c1cccc2c1ccn2SI.CCOC=O. The van der Waals surface area contributed by atoms with Gasteiger partial charge in [-0.05, 0) is 31.5 Å². The molecule has 5 heteroatoms. The minimum Gasteiger partial charge on any atom is -0.468 e. The first kappa shape index (κ1) is 16.1. The molecule has 0 unspecified atom stereocenters. The first-order valence-electron chi connectivity index (χ1n) is 5.85. The predicted molar refractivity (Wildman–Crippen MR) is 91.3 cm³/mol. The third-order valence-electron chi connectivity index (χ3n) is 2.39. The van der Waals surface area contributed by atoms with E-state index >= 15 is 0 Å². The molecule has 0 bridgehead atoms. The van der Waals surface area contributed by atoms with Crippen LogP contribution in [-0.4, -0.2) is 17.1 Å². The highest BCUT2D eigenvalue weighted by atomic mass is 127. The maximum Gasteiger partial charge on any atom is 0.293 e. The van der Waals surface area contributed by atoms with Crippen LogP contribution in [0, 0.1) is 0 Å². The number of hydrogen-bond donors (Lipinski definition) is 0. The second-order valence-electron chi connectivity index (χ2n) is 3.54.